The molecule has 3 amide bonds. The van der Waals surface area contributed by atoms with Gasteiger partial charge in [0.15, 0.2) is 0 Å². The van der Waals surface area contributed by atoms with Gasteiger partial charge in [-0.05, 0) is 31.4 Å². The Balaban J connectivity index is 2.24. The maximum Gasteiger partial charge on any atom is 0.321 e. The molecule has 0 saturated carbocycles. The van der Waals surface area contributed by atoms with Crippen molar-refractivity contribution in [2.75, 3.05) is 12.3 Å². The van der Waals surface area contributed by atoms with Crippen LogP contribution in [-0.4, -0.2) is 40.1 Å². The number of thioether (sulfide) groups is 1. The molecule has 0 aromatic rings. The summed E-state index contributed by atoms with van der Waals surface area (Å²) in [7, 11) is 0. The van der Waals surface area contributed by atoms with E-state index in [0.717, 1.165) is 18.6 Å². The Kier molecular flexibility index (Phi) is 6.32. The lowest BCUT2D eigenvalue weighted by atomic mass is 10.0. The Labute approximate surface area is 123 Å². The number of nitrogens with one attached hydrogen (secondary N) is 2. The lowest BCUT2D eigenvalue weighted by molar-refractivity contribution is -0.138. The maximum atomic E-state index is 11.6. The van der Waals surface area contributed by atoms with Crippen LogP contribution in [0.5, 0.6) is 0 Å². The summed E-state index contributed by atoms with van der Waals surface area (Å²) in [5.74, 6) is -0.574. The summed E-state index contributed by atoms with van der Waals surface area (Å²) in [4.78, 5) is 33.6. The highest BCUT2D eigenvalue weighted by Crippen LogP contribution is 2.36. The van der Waals surface area contributed by atoms with Crippen LogP contribution < -0.4 is 10.6 Å². The molecular weight excluding hydrogens is 280 g/mol. The fraction of sp³-hybridized carbons (Fsp3) is 0.769. The zero-order valence-electron chi connectivity index (χ0n) is 11.9. The molecule has 7 heteroatoms. The van der Waals surface area contributed by atoms with Crippen LogP contribution >= 0.6 is 11.8 Å². The standard InChI is InChI=1S/C13H22N2O4S/c1-9(7-11(17)18)6-10(16)15-12(19)14-8-13(2)4-3-5-20-13/h9H,3-8H2,1-2H3,(H,17,18)(H2,14,15,16,19). The van der Waals surface area contributed by atoms with E-state index >= 15 is 0 Å². The number of carbonyl (C=O) groups excluding carboxylic acids is 2. The number of hydrogen-bond acceptors (Lipinski definition) is 4. The summed E-state index contributed by atoms with van der Waals surface area (Å²) in [6.07, 6.45) is 2.16. The second-order valence-electron chi connectivity index (χ2n) is 5.54. The average molecular weight is 302 g/mol. The first kappa shape index (κ1) is 16.8. The molecule has 0 bridgehead atoms. The summed E-state index contributed by atoms with van der Waals surface area (Å²) in [5, 5.41) is 13.5. The Hall–Kier alpha value is -1.24. The van der Waals surface area contributed by atoms with Crippen molar-refractivity contribution in [1.29, 1.82) is 0 Å². The molecule has 2 atom stereocenters. The van der Waals surface area contributed by atoms with Gasteiger partial charge in [0, 0.05) is 24.1 Å². The maximum absolute atomic E-state index is 11.6. The van der Waals surface area contributed by atoms with Gasteiger partial charge in [0.05, 0.1) is 0 Å². The van der Waals surface area contributed by atoms with Crippen molar-refractivity contribution < 1.29 is 19.5 Å². The van der Waals surface area contributed by atoms with Crippen molar-refractivity contribution in [3.05, 3.63) is 0 Å². The van der Waals surface area contributed by atoms with Crippen LogP contribution in [0.4, 0.5) is 4.79 Å². The van der Waals surface area contributed by atoms with Crippen LogP contribution in [0.3, 0.4) is 0 Å². The Morgan fingerprint density at radius 2 is 2.05 bits per heavy atom. The van der Waals surface area contributed by atoms with Crippen molar-refractivity contribution in [2.45, 2.75) is 44.3 Å². The highest BCUT2D eigenvalue weighted by atomic mass is 32.2. The largest absolute Gasteiger partial charge is 0.481 e. The molecule has 1 aliphatic rings. The summed E-state index contributed by atoms with van der Waals surface area (Å²) < 4.78 is 0.0526. The fourth-order valence-corrected chi connectivity index (χ4v) is 3.40. The minimum Gasteiger partial charge on any atom is -0.481 e. The van der Waals surface area contributed by atoms with Gasteiger partial charge >= 0.3 is 12.0 Å². The predicted octanol–water partition coefficient (Wildman–Crippen LogP) is 1.60. The highest BCUT2D eigenvalue weighted by molar-refractivity contribution is 8.00. The van der Waals surface area contributed by atoms with Crippen LogP contribution in [0.2, 0.25) is 0 Å². The van der Waals surface area contributed by atoms with Crippen molar-refractivity contribution in [2.24, 2.45) is 5.92 Å². The summed E-state index contributed by atoms with van der Waals surface area (Å²) in [5.41, 5.74) is 0. The van der Waals surface area contributed by atoms with Gasteiger partial charge in [0.25, 0.3) is 0 Å². The van der Waals surface area contributed by atoms with E-state index in [1.54, 1.807) is 6.92 Å². The quantitative estimate of drug-likeness (QED) is 0.692. The highest BCUT2D eigenvalue weighted by Gasteiger charge is 2.29. The molecule has 1 aliphatic heterocycles. The van der Waals surface area contributed by atoms with Gasteiger partial charge in [-0.25, -0.2) is 4.79 Å². The van der Waals surface area contributed by atoms with E-state index in [4.69, 9.17) is 5.11 Å². The molecule has 3 N–H and O–H groups in total. The Morgan fingerprint density at radius 3 is 2.60 bits per heavy atom. The number of amides is 3. The first-order valence-corrected chi connectivity index (χ1v) is 7.73. The monoisotopic (exact) mass is 302 g/mol. The van der Waals surface area contributed by atoms with Crippen molar-refractivity contribution >= 4 is 29.7 Å². The van der Waals surface area contributed by atoms with E-state index in [2.05, 4.69) is 17.6 Å². The molecule has 0 spiro atoms. The molecule has 0 radical (unpaired) electrons. The fourth-order valence-electron chi connectivity index (χ4n) is 2.15. The van der Waals surface area contributed by atoms with Crippen LogP contribution in [-0.2, 0) is 9.59 Å². The van der Waals surface area contributed by atoms with E-state index in [1.165, 1.54) is 0 Å². The number of rotatable bonds is 6. The zero-order chi connectivity index (χ0) is 15.2. The second kappa shape index (κ2) is 7.52. The molecule has 1 rings (SSSR count). The number of carboxylic acids is 1. The van der Waals surface area contributed by atoms with Gasteiger partial charge in [-0.15, -0.1) is 0 Å². The molecule has 0 aromatic heterocycles. The first-order valence-electron chi connectivity index (χ1n) is 6.74. The normalized spacial score (nSPS) is 23.1. The smallest absolute Gasteiger partial charge is 0.321 e. The van der Waals surface area contributed by atoms with Gasteiger partial charge in [-0.2, -0.15) is 11.8 Å². The van der Waals surface area contributed by atoms with Crippen LogP contribution in [0, 0.1) is 5.92 Å². The van der Waals surface area contributed by atoms with E-state index in [-0.39, 0.29) is 23.5 Å². The topological polar surface area (TPSA) is 95.5 Å². The van der Waals surface area contributed by atoms with E-state index in [9.17, 15) is 14.4 Å². The Morgan fingerprint density at radius 1 is 1.35 bits per heavy atom. The van der Waals surface area contributed by atoms with E-state index in [1.807, 2.05) is 11.8 Å². The minimum absolute atomic E-state index is 0.0335. The molecule has 0 aromatic carbocycles. The molecule has 1 saturated heterocycles. The van der Waals surface area contributed by atoms with Crippen molar-refractivity contribution in [1.82, 2.24) is 10.6 Å². The van der Waals surface area contributed by atoms with Crippen molar-refractivity contribution in [3.63, 3.8) is 0 Å². The molecule has 1 fully saturated rings. The number of urea groups is 1. The van der Waals surface area contributed by atoms with Gasteiger partial charge in [0.1, 0.15) is 0 Å². The third-order valence-corrected chi connectivity index (χ3v) is 4.77. The minimum atomic E-state index is -0.944. The van der Waals surface area contributed by atoms with Gasteiger partial charge < -0.3 is 10.4 Å². The van der Waals surface area contributed by atoms with Gasteiger partial charge in [0.2, 0.25) is 5.91 Å². The van der Waals surface area contributed by atoms with Gasteiger partial charge in [-0.3, -0.25) is 14.9 Å². The van der Waals surface area contributed by atoms with Crippen LogP contribution in [0.25, 0.3) is 0 Å². The van der Waals surface area contributed by atoms with Crippen LogP contribution in [0.1, 0.15) is 39.5 Å². The summed E-state index contributed by atoms with van der Waals surface area (Å²) >= 11 is 1.83. The molecule has 114 valence electrons. The van der Waals surface area contributed by atoms with Crippen molar-refractivity contribution in [3.8, 4) is 0 Å². The average Bonchev–Trinajstić information content (AvgIpc) is 2.72. The number of carbonyl (C=O) groups is 3. The predicted molar refractivity (Wildman–Crippen MR) is 77.7 cm³/mol. The summed E-state index contributed by atoms with van der Waals surface area (Å²) in [6.45, 7) is 4.30. The number of carboxylic acid groups (broad SMARTS) is 1. The van der Waals surface area contributed by atoms with Crippen LogP contribution in [0.15, 0.2) is 0 Å². The Bertz CT molecular complexity index is 381. The summed E-state index contributed by atoms with van der Waals surface area (Å²) in [6, 6.07) is -0.508. The van der Waals surface area contributed by atoms with E-state index < -0.39 is 17.9 Å². The van der Waals surface area contributed by atoms with Gasteiger partial charge in [-0.1, -0.05) is 6.92 Å². The molecule has 2 unspecified atom stereocenters. The SMILES string of the molecule is CC(CC(=O)O)CC(=O)NC(=O)NCC1(C)CCCS1. The number of hydrogen-bond donors (Lipinski definition) is 3. The van der Waals surface area contributed by atoms with E-state index in [0.29, 0.717) is 6.54 Å². The number of aliphatic carboxylic acids is 1. The second-order valence-corrected chi connectivity index (χ2v) is 7.22. The third-order valence-electron chi connectivity index (χ3n) is 3.23. The molecule has 1 heterocycles. The lowest BCUT2D eigenvalue weighted by Crippen LogP contribution is -2.44. The third kappa shape index (κ3) is 6.27. The molecular formula is C13H22N2O4S. The molecule has 6 nitrogen and oxygen atoms in total. The molecule has 20 heavy (non-hydrogen) atoms. The number of imide groups is 1. The lowest BCUT2D eigenvalue weighted by Gasteiger charge is -2.22. The molecule has 0 aliphatic carbocycles. The zero-order valence-corrected chi connectivity index (χ0v) is 12.7. The first-order chi connectivity index (χ1) is 9.31.